The van der Waals surface area contributed by atoms with Gasteiger partial charge in [-0.15, -0.1) is 11.3 Å². The monoisotopic (exact) mass is 303 g/mol. The molecule has 1 saturated heterocycles. The first kappa shape index (κ1) is 14.6. The second-order valence-electron chi connectivity index (χ2n) is 4.40. The molecule has 1 aromatic heterocycles. The Morgan fingerprint density at radius 3 is 3.16 bits per heavy atom. The molecule has 2 unspecified atom stereocenters. The lowest BCUT2D eigenvalue weighted by atomic mass is 10.2. The molecule has 4 N–H and O–H groups in total. The number of thiophene rings is 1. The molecule has 1 fully saturated rings. The predicted octanol–water partition coefficient (Wildman–Crippen LogP) is 1.52. The number of ether oxygens (including phenoxy) is 1. The van der Waals surface area contributed by atoms with Crippen LogP contribution in [0.4, 0.5) is 0 Å². The smallest absolute Gasteiger partial charge is 0.188 e. The molecular formula is C12H18ClN3O2S. The number of nitrogens with two attached hydrogens (primary N) is 1. The zero-order chi connectivity index (χ0) is 13.7. The van der Waals surface area contributed by atoms with E-state index in [2.05, 4.69) is 10.3 Å². The molecule has 2 atom stereocenters. The molecule has 0 aromatic carbocycles. The second-order valence-corrected chi connectivity index (χ2v) is 6.15. The summed E-state index contributed by atoms with van der Waals surface area (Å²) in [5.74, 6) is 0.331. The fraction of sp³-hybridized carbons (Fsp3) is 0.583. The van der Waals surface area contributed by atoms with Gasteiger partial charge in [-0.2, -0.15) is 0 Å². The summed E-state index contributed by atoms with van der Waals surface area (Å²) in [6.45, 7) is 1.71. The normalized spacial score (nSPS) is 21.6. The number of hydrogen-bond acceptors (Lipinski definition) is 4. The third kappa shape index (κ3) is 4.65. The molecule has 19 heavy (non-hydrogen) atoms. The van der Waals surface area contributed by atoms with Crippen LogP contribution in [0.25, 0.3) is 0 Å². The Morgan fingerprint density at radius 2 is 2.53 bits per heavy atom. The first-order chi connectivity index (χ1) is 9.15. The standard InChI is InChI=1S/C12H18ClN3O2S/c13-11-4-3-10(19-11)9(17)7-16-12(14)15-6-8-2-1-5-18-8/h3-4,8-9,17H,1-2,5-7H2,(H3,14,15,16). The summed E-state index contributed by atoms with van der Waals surface area (Å²) in [6, 6.07) is 3.55. The third-order valence-electron chi connectivity index (χ3n) is 2.89. The first-order valence-corrected chi connectivity index (χ1v) is 7.43. The van der Waals surface area contributed by atoms with E-state index in [-0.39, 0.29) is 12.6 Å². The molecule has 106 valence electrons. The maximum Gasteiger partial charge on any atom is 0.188 e. The van der Waals surface area contributed by atoms with Crippen LogP contribution in [-0.2, 0) is 4.74 Å². The number of nitrogens with zero attached hydrogens (tertiary/aromatic N) is 1. The van der Waals surface area contributed by atoms with E-state index in [1.165, 1.54) is 11.3 Å². The minimum absolute atomic E-state index is 0.217. The summed E-state index contributed by atoms with van der Waals surface area (Å²) in [5, 5.41) is 12.9. The molecule has 1 aliphatic rings. The summed E-state index contributed by atoms with van der Waals surface area (Å²) >= 11 is 7.16. The summed E-state index contributed by atoms with van der Waals surface area (Å²) in [6.07, 6.45) is 1.70. The highest BCUT2D eigenvalue weighted by Gasteiger charge is 2.15. The van der Waals surface area contributed by atoms with Crippen LogP contribution in [-0.4, -0.2) is 36.9 Å². The Hall–Kier alpha value is -0.820. The minimum Gasteiger partial charge on any atom is -0.386 e. The van der Waals surface area contributed by atoms with Gasteiger partial charge in [0, 0.05) is 18.0 Å². The first-order valence-electron chi connectivity index (χ1n) is 6.24. The average Bonchev–Trinajstić information content (AvgIpc) is 3.04. The van der Waals surface area contributed by atoms with Crippen LogP contribution >= 0.6 is 22.9 Å². The van der Waals surface area contributed by atoms with Crippen molar-refractivity contribution < 1.29 is 9.84 Å². The maximum atomic E-state index is 9.90. The van der Waals surface area contributed by atoms with E-state index >= 15 is 0 Å². The molecule has 7 heteroatoms. The topological polar surface area (TPSA) is 79.9 Å². The number of halogens is 1. The van der Waals surface area contributed by atoms with Gasteiger partial charge in [-0.1, -0.05) is 11.6 Å². The van der Waals surface area contributed by atoms with Gasteiger partial charge in [0.1, 0.15) is 6.10 Å². The van der Waals surface area contributed by atoms with E-state index in [0.29, 0.717) is 16.8 Å². The second kappa shape index (κ2) is 7.09. The van der Waals surface area contributed by atoms with Crippen molar-refractivity contribution >= 4 is 28.9 Å². The fourth-order valence-electron chi connectivity index (χ4n) is 1.86. The van der Waals surface area contributed by atoms with Gasteiger partial charge in [-0.05, 0) is 25.0 Å². The summed E-state index contributed by atoms with van der Waals surface area (Å²) < 4.78 is 6.12. The van der Waals surface area contributed by atoms with Crippen molar-refractivity contribution in [2.45, 2.75) is 25.0 Å². The molecule has 0 amide bonds. The molecule has 1 aromatic rings. The molecule has 0 saturated carbocycles. The molecule has 0 spiro atoms. The minimum atomic E-state index is -0.666. The largest absolute Gasteiger partial charge is 0.386 e. The fourth-order valence-corrected chi connectivity index (χ4v) is 2.90. The lowest BCUT2D eigenvalue weighted by Gasteiger charge is -2.11. The van der Waals surface area contributed by atoms with Crippen LogP contribution < -0.4 is 11.1 Å². The van der Waals surface area contributed by atoms with Crippen molar-refractivity contribution in [2.24, 2.45) is 10.7 Å². The number of rotatable bonds is 5. The SMILES string of the molecule is NC(=NCC(O)c1ccc(Cl)s1)NCC1CCCO1. The Balaban J connectivity index is 1.74. The van der Waals surface area contributed by atoms with Crippen molar-refractivity contribution in [1.82, 2.24) is 5.32 Å². The van der Waals surface area contributed by atoms with Gasteiger partial charge < -0.3 is 20.9 Å². The van der Waals surface area contributed by atoms with Gasteiger partial charge in [0.05, 0.1) is 17.0 Å². The third-order valence-corrected chi connectivity index (χ3v) is 4.22. The highest BCUT2D eigenvalue weighted by molar-refractivity contribution is 7.16. The quantitative estimate of drug-likeness (QED) is 0.569. The van der Waals surface area contributed by atoms with E-state index in [4.69, 9.17) is 22.1 Å². The summed E-state index contributed by atoms with van der Waals surface area (Å²) in [5.41, 5.74) is 5.73. The number of hydrogen-bond donors (Lipinski definition) is 3. The van der Waals surface area contributed by atoms with Crippen LogP contribution in [0.1, 0.15) is 23.8 Å². The highest BCUT2D eigenvalue weighted by Crippen LogP contribution is 2.26. The van der Waals surface area contributed by atoms with Gasteiger partial charge in [-0.3, -0.25) is 4.99 Å². The number of aliphatic hydroxyl groups excluding tert-OH is 1. The molecule has 0 bridgehead atoms. The molecule has 1 aliphatic heterocycles. The Labute approximate surface area is 121 Å². The lowest BCUT2D eigenvalue weighted by molar-refractivity contribution is 0.114. The van der Waals surface area contributed by atoms with Crippen LogP contribution in [0.5, 0.6) is 0 Å². The van der Waals surface area contributed by atoms with Crippen LogP contribution in [0.2, 0.25) is 4.34 Å². The Morgan fingerprint density at radius 1 is 1.68 bits per heavy atom. The Bertz CT molecular complexity index is 432. The van der Waals surface area contributed by atoms with Crippen molar-refractivity contribution in [3.8, 4) is 0 Å². The zero-order valence-corrected chi connectivity index (χ0v) is 12.1. The predicted molar refractivity (Wildman–Crippen MR) is 77.8 cm³/mol. The lowest BCUT2D eigenvalue weighted by Crippen LogP contribution is -2.37. The average molecular weight is 304 g/mol. The van der Waals surface area contributed by atoms with Crippen LogP contribution in [0, 0.1) is 0 Å². The summed E-state index contributed by atoms with van der Waals surface area (Å²) in [7, 11) is 0. The number of aliphatic imine (C=N–C) groups is 1. The molecular weight excluding hydrogens is 286 g/mol. The van der Waals surface area contributed by atoms with E-state index in [0.717, 1.165) is 24.3 Å². The molecule has 0 radical (unpaired) electrons. The van der Waals surface area contributed by atoms with Crippen LogP contribution in [0.3, 0.4) is 0 Å². The highest BCUT2D eigenvalue weighted by atomic mass is 35.5. The van der Waals surface area contributed by atoms with Crippen molar-refractivity contribution in [1.29, 1.82) is 0 Å². The molecule has 2 heterocycles. The van der Waals surface area contributed by atoms with E-state index in [1.807, 2.05) is 0 Å². The maximum absolute atomic E-state index is 9.90. The number of aliphatic hydroxyl groups is 1. The molecule has 5 nitrogen and oxygen atoms in total. The van der Waals surface area contributed by atoms with Gasteiger partial charge in [0.2, 0.25) is 0 Å². The van der Waals surface area contributed by atoms with E-state index in [9.17, 15) is 5.11 Å². The van der Waals surface area contributed by atoms with Crippen molar-refractivity contribution in [3.63, 3.8) is 0 Å². The molecule has 0 aliphatic carbocycles. The van der Waals surface area contributed by atoms with Crippen LogP contribution in [0.15, 0.2) is 17.1 Å². The van der Waals surface area contributed by atoms with E-state index in [1.54, 1.807) is 12.1 Å². The summed E-state index contributed by atoms with van der Waals surface area (Å²) in [4.78, 5) is 4.90. The van der Waals surface area contributed by atoms with Crippen molar-refractivity contribution in [2.75, 3.05) is 19.7 Å². The van der Waals surface area contributed by atoms with Gasteiger partial charge in [0.15, 0.2) is 5.96 Å². The van der Waals surface area contributed by atoms with E-state index < -0.39 is 6.10 Å². The Kier molecular flexibility index (Phi) is 5.45. The number of guanidine groups is 1. The van der Waals surface area contributed by atoms with Crippen molar-refractivity contribution in [3.05, 3.63) is 21.3 Å². The van der Waals surface area contributed by atoms with Gasteiger partial charge >= 0.3 is 0 Å². The van der Waals surface area contributed by atoms with Gasteiger partial charge in [-0.25, -0.2) is 0 Å². The van der Waals surface area contributed by atoms with Gasteiger partial charge in [0.25, 0.3) is 0 Å². The number of nitrogens with one attached hydrogen (secondary N) is 1. The molecule has 2 rings (SSSR count). The zero-order valence-electron chi connectivity index (χ0n) is 10.5.